The Morgan fingerprint density at radius 2 is 0.393 bits per heavy atom. The Labute approximate surface area is 153 Å². The van der Waals surface area contributed by atoms with E-state index in [1.807, 2.05) is 0 Å². The van der Waals surface area contributed by atoms with E-state index in [2.05, 4.69) is 37.9 Å². The molecule has 0 aliphatic rings. The van der Waals surface area contributed by atoms with Crippen LogP contribution in [0.25, 0.3) is 0 Å². The molecule has 0 spiro atoms. The predicted octanol–water partition coefficient (Wildman–Crippen LogP) is -7.41. The van der Waals surface area contributed by atoms with Gasteiger partial charge in [-0.1, -0.05) is 0 Å². The lowest BCUT2D eigenvalue weighted by Gasteiger charge is -2.24. The molecule has 6 unspecified atom stereocenters. The van der Waals surface area contributed by atoms with Gasteiger partial charge in [0.25, 0.3) is 58.3 Å². The van der Waals surface area contributed by atoms with Gasteiger partial charge in [-0.2, -0.15) is 0 Å². The van der Waals surface area contributed by atoms with Gasteiger partial charge in [0.1, 0.15) is 0 Å². The van der Waals surface area contributed by atoms with E-state index in [0.29, 0.717) is 0 Å². The van der Waals surface area contributed by atoms with Gasteiger partial charge in [0, 0.05) is 0 Å². The molecule has 170 valence electrons. The number of aliphatic hydroxyl groups is 11. The molecular weight excluding hydrogens is 412 g/mol. The summed E-state index contributed by atoms with van der Waals surface area (Å²) < 4.78 is 31.8. The average Bonchev–Trinajstić information content (AvgIpc) is 2.42. The van der Waals surface area contributed by atoms with Crippen LogP contribution in [-0.4, -0.2) is 114 Å². The van der Waals surface area contributed by atoms with Crippen LogP contribution in [0.4, 0.5) is 0 Å². The molecule has 28 heavy (non-hydrogen) atoms. The van der Waals surface area contributed by atoms with E-state index >= 15 is 0 Å². The molecule has 0 aliphatic heterocycles. The maximum atomic E-state index is 9.17. The zero-order valence-corrected chi connectivity index (χ0v) is 13.4. The monoisotopic (exact) mass is 432 g/mol. The molecule has 0 fully saturated rings. The Morgan fingerprint density at radius 3 is 0.536 bits per heavy atom. The first-order valence-corrected chi connectivity index (χ1v) is 6.61. The van der Waals surface area contributed by atoms with Crippen molar-refractivity contribution in [2.75, 3.05) is 0 Å². The normalized spacial score (nSPS) is 20.0. The van der Waals surface area contributed by atoms with Crippen molar-refractivity contribution in [3.63, 3.8) is 0 Å². The quantitative estimate of drug-likeness (QED) is 0.101. The van der Waals surface area contributed by atoms with Gasteiger partial charge in [-0.25, -0.2) is 0 Å². The SMILES string of the molecule is OC(O)OC(O)OC(O)OC(O)OC(O)OC(O)OC(O)OC(O)OC(O)O. The van der Waals surface area contributed by atoms with E-state index in [1.54, 1.807) is 0 Å². The van der Waals surface area contributed by atoms with E-state index in [9.17, 15) is 0 Å². The van der Waals surface area contributed by atoms with Crippen LogP contribution >= 0.6 is 0 Å². The Hall–Kier alpha value is -0.760. The van der Waals surface area contributed by atoms with E-state index in [-0.39, 0.29) is 0 Å². The highest BCUT2D eigenvalue weighted by Gasteiger charge is 2.24. The molecule has 6 atom stereocenters. The van der Waals surface area contributed by atoms with Crippen LogP contribution in [0.3, 0.4) is 0 Å². The molecule has 0 bridgehead atoms. The fourth-order valence-corrected chi connectivity index (χ4v) is 1.03. The Kier molecular flexibility index (Phi) is 13.9. The third-order valence-corrected chi connectivity index (χ3v) is 1.87. The first kappa shape index (κ1) is 27.2. The number of ether oxygens (including phenoxy) is 8. The number of hydrogen-bond acceptors (Lipinski definition) is 19. The molecule has 19 heteroatoms. The van der Waals surface area contributed by atoms with Gasteiger partial charge in [-0.3, -0.25) is 37.9 Å². The maximum Gasteiger partial charge on any atom is 0.277 e. The molecule has 0 aromatic carbocycles. The van der Waals surface area contributed by atoms with Gasteiger partial charge in [0.05, 0.1) is 0 Å². The summed E-state index contributed by atoms with van der Waals surface area (Å²) in [6.45, 7) is -22.4. The first-order chi connectivity index (χ1) is 12.9. The molecule has 0 heterocycles. The molecule has 0 saturated heterocycles. The summed E-state index contributed by atoms with van der Waals surface area (Å²) >= 11 is 0. The summed E-state index contributed by atoms with van der Waals surface area (Å²) in [7, 11) is 0. The zero-order valence-electron chi connectivity index (χ0n) is 13.4. The zero-order chi connectivity index (χ0) is 21.9. The largest absolute Gasteiger partial charge is 0.346 e. The van der Waals surface area contributed by atoms with Crippen LogP contribution in [0, 0.1) is 0 Å². The molecule has 0 aromatic rings. The number of rotatable bonds is 16. The molecule has 11 N–H and O–H groups in total. The summed E-state index contributed by atoms with van der Waals surface area (Å²) in [4.78, 5) is 0. The molecular formula is C9H20O19. The van der Waals surface area contributed by atoms with Crippen molar-refractivity contribution in [3.8, 4) is 0 Å². The van der Waals surface area contributed by atoms with Gasteiger partial charge in [-0.15, -0.1) is 0 Å². The third-order valence-electron chi connectivity index (χ3n) is 1.87. The van der Waals surface area contributed by atoms with E-state index in [1.165, 1.54) is 0 Å². The fourth-order valence-electron chi connectivity index (χ4n) is 1.03. The Balaban J connectivity index is 4.11. The van der Waals surface area contributed by atoms with Crippen molar-refractivity contribution in [3.05, 3.63) is 0 Å². The average molecular weight is 432 g/mol. The molecule has 0 saturated carbocycles. The van der Waals surface area contributed by atoms with E-state index < -0.39 is 58.3 Å². The van der Waals surface area contributed by atoms with Crippen LogP contribution in [0.15, 0.2) is 0 Å². The minimum absolute atomic E-state index is 2.41. The summed E-state index contributed by atoms with van der Waals surface area (Å²) in [6.07, 6.45) is 0. The van der Waals surface area contributed by atoms with E-state index in [0.717, 1.165) is 0 Å². The minimum Gasteiger partial charge on any atom is -0.346 e. The lowest BCUT2D eigenvalue weighted by molar-refractivity contribution is -0.494. The Bertz CT molecular complexity index is 346. The van der Waals surface area contributed by atoms with Crippen LogP contribution in [0.1, 0.15) is 0 Å². The standard InChI is InChI=1S/C9H20O19/c10-1(11)21-3(14)23-5(16)25-7(18)27-9(20)28-8(19)26-6(17)24-4(15)22-2(12)13/h1-20H. The highest BCUT2D eigenvalue weighted by atomic mass is 17.0. The summed E-state index contributed by atoms with van der Waals surface area (Å²) in [5, 5.41) is 96.5. The molecule has 0 aromatic heterocycles. The van der Waals surface area contributed by atoms with Crippen molar-refractivity contribution in [2.24, 2.45) is 0 Å². The van der Waals surface area contributed by atoms with Crippen molar-refractivity contribution in [1.29, 1.82) is 0 Å². The third kappa shape index (κ3) is 15.2. The summed E-state index contributed by atoms with van der Waals surface area (Å²) in [5.74, 6) is 0. The topological polar surface area (TPSA) is 296 Å². The Morgan fingerprint density at radius 1 is 0.250 bits per heavy atom. The molecule has 0 aliphatic carbocycles. The first-order valence-electron chi connectivity index (χ1n) is 6.61. The second-order valence-corrected chi connectivity index (χ2v) is 3.89. The highest BCUT2D eigenvalue weighted by molar-refractivity contribution is 4.27. The molecule has 0 radical (unpaired) electrons. The van der Waals surface area contributed by atoms with Crippen molar-refractivity contribution < 1.29 is 94.1 Å². The molecule has 0 rings (SSSR count). The summed E-state index contributed by atoms with van der Waals surface area (Å²) in [6, 6.07) is 0. The van der Waals surface area contributed by atoms with Gasteiger partial charge >= 0.3 is 0 Å². The second kappa shape index (κ2) is 14.3. The van der Waals surface area contributed by atoms with Gasteiger partial charge < -0.3 is 56.2 Å². The predicted molar refractivity (Wildman–Crippen MR) is 67.2 cm³/mol. The fraction of sp³-hybridized carbons (Fsp3) is 1.00. The number of hydrogen-bond donors (Lipinski definition) is 11. The summed E-state index contributed by atoms with van der Waals surface area (Å²) in [5.41, 5.74) is 0. The van der Waals surface area contributed by atoms with Crippen molar-refractivity contribution >= 4 is 0 Å². The number of aliphatic hydroxyl groups excluding tert-OH is 9. The lowest BCUT2D eigenvalue weighted by atomic mass is 11.0. The maximum absolute atomic E-state index is 9.17. The van der Waals surface area contributed by atoms with Crippen LogP contribution in [0.5, 0.6) is 0 Å². The molecule has 19 nitrogen and oxygen atoms in total. The van der Waals surface area contributed by atoms with Crippen molar-refractivity contribution in [1.82, 2.24) is 0 Å². The van der Waals surface area contributed by atoms with Crippen LogP contribution in [0.2, 0.25) is 0 Å². The van der Waals surface area contributed by atoms with Gasteiger partial charge in [-0.05, 0) is 0 Å². The second-order valence-electron chi connectivity index (χ2n) is 3.89. The lowest BCUT2D eigenvalue weighted by Crippen LogP contribution is -2.37. The molecule has 0 amide bonds. The highest BCUT2D eigenvalue weighted by Crippen LogP contribution is 2.07. The van der Waals surface area contributed by atoms with E-state index in [4.69, 9.17) is 56.2 Å². The van der Waals surface area contributed by atoms with Crippen molar-refractivity contribution in [2.45, 2.75) is 58.3 Å². The van der Waals surface area contributed by atoms with Crippen LogP contribution in [-0.2, 0) is 37.9 Å². The minimum atomic E-state index is -2.55. The smallest absolute Gasteiger partial charge is 0.277 e. The van der Waals surface area contributed by atoms with Gasteiger partial charge in [0.2, 0.25) is 0 Å². The van der Waals surface area contributed by atoms with Crippen LogP contribution < -0.4 is 0 Å². The van der Waals surface area contributed by atoms with Gasteiger partial charge in [0.15, 0.2) is 0 Å².